The quantitative estimate of drug-likeness (QED) is 0.528. The zero-order valence-corrected chi connectivity index (χ0v) is 16.3. The summed E-state index contributed by atoms with van der Waals surface area (Å²) in [6.07, 6.45) is 6.76. The number of hydrogen-bond acceptors (Lipinski definition) is 5. The van der Waals surface area contributed by atoms with E-state index in [1.54, 1.807) is 4.68 Å². The van der Waals surface area contributed by atoms with Crippen LogP contribution in [0.1, 0.15) is 59.8 Å². The van der Waals surface area contributed by atoms with Crippen molar-refractivity contribution in [3.05, 3.63) is 46.8 Å². The number of ether oxygens (including phenoxy) is 1. The van der Waals surface area contributed by atoms with Gasteiger partial charge in [-0.25, -0.2) is 0 Å². The van der Waals surface area contributed by atoms with Gasteiger partial charge in [0.2, 0.25) is 0 Å². The maximum Gasteiger partial charge on any atom is 0.302 e. The number of benzene rings is 1. The van der Waals surface area contributed by atoms with Gasteiger partial charge in [-0.3, -0.25) is 14.3 Å². The molecule has 0 saturated carbocycles. The first-order valence-electron chi connectivity index (χ1n) is 9.60. The highest BCUT2D eigenvalue weighted by molar-refractivity contribution is 6.02. The second-order valence-electron chi connectivity index (χ2n) is 7.47. The Balaban J connectivity index is 1.54. The minimum absolute atomic E-state index is 0.107. The number of ketones is 1. The van der Waals surface area contributed by atoms with E-state index in [1.807, 2.05) is 32.3 Å². The lowest BCUT2D eigenvalue weighted by molar-refractivity contribution is -0.148. The zero-order valence-electron chi connectivity index (χ0n) is 16.3. The van der Waals surface area contributed by atoms with E-state index in [2.05, 4.69) is 16.4 Å². The number of hydrogen-bond donors (Lipinski definition) is 0. The molecule has 6 nitrogen and oxygen atoms in total. The number of Topliss-reactive ketones (excluding diaryl/α,β-unsaturated/α-hetero) is 1. The van der Waals surface area contributed by atoms with E-state index in [9.17, 15) is 9.59 Å². The Labute approximate surface area is 159 Å². The molecular formula is C21H27N3O3. The van der Waals surface area contributed by atoms with Crippen LogP contribution >= 0.6 is 0 Å². The number of carbonyl (C=O) groups excluding carboxylic acids is 2. The van der Waals surface area contributed by atoms with E-state index >= 15 is 0 Å². The molecule has 0 saturated heterocycles. The van der Waals surface area contributed by atoms with Gasteiger partial charge in [-0.05, 0) is 44.6 Å². The predicted octanol–water partition coefficient (Wildman–Crippen LogP) is 3.21. The monoisotopic (exact) mass is 369 g/mol. The summed E-state index contributed by atoms with van der Waals surface area (Å²) in [5.41, 5.74) is 4.00. The topological polar surface area (TPSA) is 74.1 Å². The summed E-state index contributed by atoms with van der Waals surface area (Å²) in [7, 11) is 1.86. The molecular weight excluding hydrogens is 342 g/mol. The van der Waals surface area contributed by atoms with Crippen molar-refractivity contribution in [3.8, 4) is 0 Å². The van der Waals surface area contributed by atoms with Crippen LogP contribution in [0, 0.1) is 12.8 Å². The molecule has 3 rings (SSSR count). The molecule has 6 heteroatoms. The van der Waals surface area contributed by atoms with Crippen LogP contribution in [0.4, 0.5) is 0 Å². The molecule has 27 heavy (non-hydrogen) atoms. The third-order valence-corrected chi connectivity index (χ3v) is 5.14. The number of aryl methyl sites for hydroxylation is 3. The minimum Gasteiger partial charge on any atom is -0.462 e. The lowest BCUT2D eigenvalue weighted by Gasteiger charge is -2.22. The Morgan fingerprint density at radius 2 is 2.15 bits per heavy atom. The summed E-state index contributed by atoms with van der Waals surface area (Å²) in [6, 6.07) is 5.93. The van der Waals surface area contributed by atoms with Gasteiger partial charge in [0.1, 0.15) is 6.10 Å². The highest BCUT2D eigenvalue weighted by atomic mass is 16.5. The summed E-state index contributed by atoms with van der Waals surface area (Å²) in [5.74, 6) is -0.471. The van der Waals surface area contributed by atoms with Crippen LogP contribution in [0.3, 0.4) is 0 Å². The molecule has 0 N–H and O–H groups in total. The van der Waals surface area contributed by atoms with Crippen molar-refractivity contribution in [2.45, 2.75) is 58.5 Å². The number of aromatic nitrogens is 3. The van der Waals surface area contributed by atoms with Crippen LogP contribution in [0.25, 0.3) is 0 Å². The van der Waals surface area contributed by atoms with Gasteiger partial charge in [0.05, 0.1) is 11.6 Å². The molecule has 1 aromatic heterocycles. The summed E-state index contributed by atoms with van der Waals surface area (Å²) < 4.78 is 7.25. The highest BCUT2D eigenvalue weighted by Gasteiger charge is 2.37. The Kier molecular flexibility index (Phi) is 6.04. The molecule has 1 aliphatic carbocycles. The summed E-state index contributed by atoms with van der Waals surface area (Å²) in [5, 5.41) is 8.02. The van der Waals surface area contributed by atoms with E-state index in [-0.39, 0.29) is 23.8 Å². The fourth-order valence-electron chi connectivity index (χ4n) is 3.86. The van der Waals surface area contributed by atoms with Crippen molar-refractivity contribution < 1.29 is 14.3 Å². The molecule has 0 amide bonds. The van der Waals surface area contributed by atoms with E-state index in [0.29, 0.717) is 12.8 Å². The van der Waals surface area contributed by atoms with Crippen molar-refractivity contribution >= 4 is 11.8 Å². The number of nitrogens with zero attached hydrogens (tertiary/aromatic N) is 3. The average molecular weight is 369 g/mol. The second kappa shape index (κ2) is 8.46. The van der Waals surface area contributed by atoms with Crippen molar-refractivity contribution in [1.29, 1.82) is 0 Å². The smallest absolute Gasteiger partial charge is 0.302 e. The van der Waals surface area contributed by atoms with Crippen LogP contribution in [-0.2, 0) is 29.4 Å². The van der Waals surface area contributed by atoms with Gasteiger partial charge in [-0.1, -0.05) is 35.4 Å². The average Bonchev–Trinajstić information content (AvgIpc) is 3.16. The van der Waals surface area contributed by atoms with Gasteiger partial charge in [0.25, 0.3) is 0 Å². The molecule has 1 aliphatic rings. The molecule has 0 bridgehead atoms. The molecule has 1 heterocycles. The normalized spacial score (nSPS) is 17.0. The molecule has 0 spiro atoms. The largest absolute Gasteiger partial charge is 0.462 e. The molecule has 0 fully saturated rings. The maximum absolute atomic E-state index is 12.8. The molecule has 2 atom stereocenters. The Morgan fingerprint density at radius 3 is 2.85 bits per heavy atom. The van der Waals surface area contributed by atoms with Gasteiger partial charge >= 0.3 is 5.97 Å². The summed E-state index contributed by atoms with van der Waals surface area (Å²) in [6.45, 7) is 3.44. The van der Waals surface area contributed by atoms with Crippen molar-refractivity contribution in [1.82, 2.24) is 15.0 Å². The van der Waals surface area contributed by atoms with E-state index in [0.717, 1.165) is 48.1 Å². The van der Waals surface area contributed by atoms with Crippen LogP contribution in [0.5, 0.6) is 0 Å². The Morgan fingerprint density at radius 1 is 1.33 bits per heavy atom. The van der Waals surface area contributed by atoms with Gasteiger partial charge in [0.15, 0.2) is 5.78 Å². The lowest BCUT2D eigenvalue weighted by Crippen LogP contribution is -2.30. The third-order valence-electron chi connectivity index (χ3n) is 5.14. The molecule has 2 unspecified atom stereocenters. The van der Waals surface area contributed by atoms with Crippen LogP contribution in [0.15, 0.2) is 24.4 Å². The fraction of sp³-hybridized carbons (Fsp3) is 0.524. The number of carbonyl (C=O) groups is 2. The molecule has 2 aromatic rings. The first-order valence-corrected chi connectivity index (χ1v) is 9.60. The number of unbranched alkanes of at least 4 members (excludes halogenated alkanes) is 2. The summed E-state index contributed by atoms with van der Waals surface area (Å²) in [4.78, 5) is 24.4. The van der Waals surface area contributed by atoms with Crippen molar-refractivity contribution in [2.75, 3.05) is 0 Å². The molecule has 1 aromatic carbocycles. The standard InChI is InChI=1S/C21H27N3O3/c1-14-9-10-18-16(11-14)12-19(21(18)26)20(27-15(2)25)8-6-4-5-7-17-13-24(3)23-22-17/h9-11,13,19-20H,4-8,12H2,1-3H3. The predicted molar refractivity (Wildman–Crippen MR) is 101 cm³/mol. The first-order chi connectivity index (χ1) is 12.9. The van der Waals surface area contributed by atoms with Crippen molar-refractivity contribution in [2.24, 2.45) is 13.0 Å². The maximum atomic E-state index is 12.8. The van der Waals surface area contributed by atoms with Gasteiger partial charge in [-0.2, -0.15) is 0 Å². The number of esters is 1. The fourth-order valence-corrected chi connectivity index (χ4v) is 3.86. The summed E-state index contributed by atoms with van der Waals surface area (Å²) >= 11 is 0. The number of rotatable bonds is 8. The SMILES string of the molecule is CC(=O)OC(CCCCCc1cn(C)nn1)C1Cc2cc(C)ccc2C1=O. The van der Waals surface area contributed by atoms with E-state index in [4.69, 9.17) is 4.74 Å². The van der Waals surface area contributed by atoms with Gasteiger partial charge < -0.3 is 4.74 Å². The van der Waals surface area contributed by atoms with Crippen LogP contribution < -0.4 is 0 Å². The lowest BCUT2D eigenvalue weighted by atomic mass is 9.93. The highest BCUT2D eigenvalue weighted by Crippen LogP contribution is 2.32. The van der Waals surface area contributed by atoms with Crippen LogP contribution in [-0.4, -0.2) is 32.9 Å². The second-order valence-corrected chi connectivity index (χ2v) is 7.47. The minimum atomic E-state index is -0.348. The van der Waals surface area contributed by atoms with Gasteiger partial charge in [-0.15, -0.1) is 5.10 Å². The van der Waals surface area contributed by atoms with E-state index < -0.39 is 0 Å². The first kappa shape index (κ1) is 19.3. The number of fused-ring (bicyclic) bond motifs is 1. The molecule has 0 aliphatic heterocycles. The van der Waals surface area contributed by atoms with Gasteiger partial charge in [0, 0.05) is 25.7 Å². The van der Waals surface area contributed by atoms with Crippen molar-refractivity contribution in [3.63, 3.8) is 0 Å². The Hall–Kier alpha value is -2.50. The molecule has 144 valence electrons. The zero-order chi connectivity index (χ0) is 19.4. The van der Waals surface area contributed by atoms with Crippen LogP contribution in [0.2, 0.25) is 0 Å². The van der Waals surface area contributed by atoms with E-state index in [1.165, 1.54) is 6.92 Å². The Bertz CT molecular complexity index is 828. The third kappa shape index (κ3) is 4.81. The molecule has 0 radical (unpaired) electrons.